The van der Waals surface area contributed by atoms with Crippen LogP contribution in [-0.4, -0.2) is 50.8 Å². The van der Waals surface area contributed by atoms with Gasteiger partial charge >= 0.3 is 11.8 Å². The molecule has 3 N–H and O–H groups in total. The molecule has 32 heavy (non-hydrogen) atoms. The van der Waals surface area contributed by atoms with Crippen LogP contribution in [0.1, 0.15) is 23.1 Å². The summed E-state index contributed by atoms with van der Waals surface area (Å²) >= 11 is 0. The van der Waals surface area contributed by atoms with E-state index < -0.39 is 11.8 Å². The molecule has 0 bridgehead atoms. The standard InChI is InChI=1S/C23H28N4O5/c1-16-8-9-20(17(2)12-16)26-21(28)15-32-19-7-4-6-18(13-19)14-25-27-23(30)22(29)24-10-5-11-31-3/h4,6-9,12-14H,5,10-11,15H2,1-3H3,(H,24,29)(H,26,28)(H,27,30)/b25-14-. The quantitative estimate of drug-likeness (QED) is 0.226. The predicted molar refractivity (Wildman–Crippen MR) is 122 cm³/mol. The Morgan fingerprint density at radius 2 is 1.88 bits per heavy atom. The molecular formula is C23H28N4O5. The van der Waals surface area contributed by atoms with Crippen molar-refractivity contribution in [2.45, 2.75) is 20.3 Å². The predicted octanol–water partition coefficient (Wildman–Crippen LogP) is 1.92. The molecule has 0 heterocycles. The first-order chi connectivity index (χ1) is 15.4. The van der Waals surface area contributed by atoms with Crippen molar-refractivity contribution in [3.8, 4) is 5.75 Å². The Hall–Kier alpha value is -3.72. The maximum atomic E-state index is 12.2. The average molecular weight is 441 g/mol. The topological polar surface area (TPSA) is 118 Å². The van der Waals surface area contributed by atoms with Gasteiger partial charge in [0.2, 0.25) is 0 Å². The zero-order valence-electron chi connectivity index (χ0n) is 18.4. The summed E-state index contributed by atoms with van der Waals surface area (Å²) in [4.78, 5) is 35.5. The molecule has 2 aromatic carbocycles. The number of benzene rings is 2. The Kier molecular flexibility index (Phi) is 9.86. The van der Waals surface area contributed by atoms with Crippen LogP contribution >= 0.6 is 0 Å². The third-order valence-electron chi connectivity index (χ3n) is 4.28. The minimum Gasteiger partial charge on any atom is -0.484 e. The highest BCUT2D eigenvalue weighted by atomic mass is 16.5. The van der Waals surface area contributed by atoms with Gasteiger partial charge in [-0.3, -0.25) is 14.4 Å². The molecule has 0 aliphatic carbocycles. The van der Waals surface area contributed by atoms with Crippen molar-refractivity contribution in [2.75, 3.05) is 32.2 Å². The average Bonchev–Trinajstić information content (AvgIpc) is 2.77. The Morgan fingerprint density at radius 1 is 1.06 bits per heavy atom. The van der Waals surface area contributed by atoms with Crippen LogP contribution in [0.4, 0.5) is 5.69 Å². The van der Waals surface area contributed by atoms with Crippen molar-refractivity contribution >= 4 is 29.6 Å². The molecule has 0 saturated carbocycles. The van der Waals surface area contributed by atoms with Crippen molar-refractivity contribution in [1.82, 2.24) is 10.7 Å². The summed E-state index contributed by atoms with van der Waals surface area (Å²) in [5.74, 6) is -1.45. The third kappa shape index (κ3) is 8.57. The van der Waals surface area contributed by atoms with E-state index in [4.69, 9.17) is 9.47 Å². The molecule has 0 fully saturated rings. The van der Waals surface area contributed by atoms with Gasteiger partial charge in [-0.05, 0) is 49.6 Å². The van der Waals surface area contributed by atoms with Crippen LogP contribution in [-0.2, 0) is 19.1 Å². The number of methoxy groups -OCH3 is 1. The number of ether oxygens (including phenoxy) is 2. The molecule has 0 aliphatic rings. The smallest absolute Gasteiger partial charge is 0.329 e. The number of amides is 3. The van der Waals surface area contributed by atoms with E-state index in [-0.39, 0.29) is 12.5 Å². The molecule has 9 nitrogen and oxygen atoms in total. The lowest BCUT2D eigenvalue weighted by Crippen LogP contribution is -2.38. The van der Waals surface area contributed by atoms with Gasteiger partial charge in [0, 0.05) is 25.9 Å². The number of carbonyl (C=O) groups excluding carboxylic acids is 3. The number of hydrogen-bond donors (Lipinski definition) is 3. The Bertz CT molecular complexity index is 975. The van der Waals surface area contributed by atoms with Crippen LogP contribution in [0.2, 0.25) is 0 Å². The maximum Gasteiger partial charge on any atom is 0.329 e. The van der Waals surface area contributed by atoms with Crippen molar-refractivity contribution in [3.05, 3.63) is 59.2 Å². The van der Waals surface area contributed by atoms with Gasteiger partial charge in [0.1, 0.15) is 5.75 Å². The number of carbonyl (C=O) groups is 3. The molecule has 0 saturated heterocycles. The van der Waals surface area contributed by atoms with Gasteiger partial charge in [-0.25, -0.2) is 5.43 Å². The van der Waals surface area contributed by atoms with Crippen LogP contribution in [0, 0.1) is 13.8 Å². The van der Waals surface area contributed by atoms with Crippen LogP contribution in [0.3, 0.4) is 0 Å². The molecule has 2 rings (SSSR count). The van der Waals surface area contributed by atoms with E-state index in [2.05, 4.69) is 21.2 Å². The van der Waals surface area contributed by atoms with Crippen molar-refractivity contribution < 1.29 is 23.9 Å². The summed E-state index contributed by atoms with van der Waals surface area (Å²) in [5, 5.41) is 9.05. The second-order valence-electron chi connectivity index (χ2n) is 7.03. The van der Waals surface area contributed by atoms with E-state index in [1.807, 2.05) is 32.0 Å². The number of anilines is 1. The van der Waals surface area contributed by atoms with Crippen molar-refractivity contribution in [1.29, 1.82) is 0 Å². The first kappa shape index (κ1) is 24.5. The molecule has 9 heteroatoms. The molecule has 0 spiro atoms. The van der Waals surface area contributed by atoms with E-state index >= 15 is 0 Å². The maximum absolute atomic E-state index is 12.2. The van der Waals surface area contributed by atoms with Crippen LogP contribution in [0.5, 0.6) is 5.75 Å². The third-order valence-corrected chi connectivity index (χ3v) is 4.28. The number of nitrogens with zero attached hydrogens (tertiary/aromatic N) is 1. The Morgan fingerprint density at radius 3 is 2.62 bits per heavy atom. The highest BCUT2D eigenvalue weighted by Gasteiger charge is 2.11. The van der Waals surface area contributed by atoms with E-state index in [1.54, 1.807) is 31.4 Å². The molecule has 2 aromatic rings. The van der Waals surface area contributed by atoms with Gasteiger partial charge in [0.05, 0.1) is 6.21 Å². The van der Waals surface area contributed by atoms with Gasteiger partial charge in [-0.1, -0.05) is 29.8 Å². The van der Waals surface area contributed by atoms with Gasteiger partial charge < -0.3 is 20.1 Å². The van der Waals surface area contributed by atoms with Crippen molar-refractivity contribution in [2.24, 2.45) is 5.10 Å². The van der Waals surface area contributed by atoms with E-state index in [0.717, 1.165) is 16.8 Å². The second-order valence-corrected chi connectivity index (χ2v) is 7.03. The molecular weight excluding hydrogens is 412 g/mol. The summed E-state index contributed by atoms with van der Waals surface area (Å²) in [6, 6.07) is 12.6. The molecule has 170 valence electrons. The summed E-state index contributed by atoms with van der Waals surface area (Å²) in [6.07, 6.45) is 1.98. The highest BCUT2D eigenvalue weighted by molar-refractivity contribution is 6.35. The summed E-state index contributed by atoms with van der Waals surface area (Å²) < 4.78 is 10.4. The molecule has 0 radical (unpaired) electrons. The summed E-state index contributed by atoms with van der Waals surface area (Å²) in [7, 11) is 1.56. The first-order valence-corrected chi connectivity index (χ1v) is 10.1. The van der Waals surface area contributed by atoms with E-state index in [0.29, 0.717) is 30.9 Å². The van der Waals surface area contributed by atoms with Gasteiger partial charge in [0.15, 0.2) is 6.61 Å². The zero-order valence-corrected chi connectivity index (χ0v) is 18.4. The van der Waals surface area contributed by atoms with Crippen LogP contribution < -0.4 is 20.8 Å². The van der Waals surface area contributed by atoms with E-state index in [9.17, 15) is 14.4 Å². The van der Waals surface area contributed by atoms with Gasteiger partial charge in [-0.15, -0.1) is 0 Å². The first-order valence-electron chi connectivity index (χ1n) is 10.1. The molecule has 0 aliphatic heterocycles. The van der Waals surface area contributed by atoms with Crippen LogP contribution in [0.15, 0.2) is 47.6 Å². The number of hydrogen-bond acceptors (Lipinski definition) is 6. The Labute approximate surface area is 187 Å². The fourth-order valence-electron chi connectivity index (χ4n) is 2.69. The summed E-state index contributed by atoms with van der Waals surface area (Å²) in [6.45, 7) is 4.58. The minimum atomic E-state index is -0.867. The largest absolute Gasteiger partial charge is 0.484 e. The second kappa shape index (κ2) is 12.9. The van der Waals surface area contributed by atoms with Gasteiger partial charge in [0.25, 0.3) is 5.91 Å². The van der Waals surface area contributed by atoms with E-state index in [1.165, 1.54) is 6.21 Å². The van der Waals surface area contributed by atoms with Crippen molar-refractivity contribution in [3.63, 3.8) is 0 Å². The lowest BCUT2D eigenvalue weighted by Gasteiger charge is -2.10. The number of aryl methyl sites for hydroxylation is 2. The molecule has 0 aromatic heterocycles. The normalized spacial score (nSPS) is 10.6. The lowest BCUT2D eigenvalue weighted by molar-refractivity contribution is -0.139. The fourth-order valence-corrected chi connectivity index (χ4v) is 2.69. The minimum absolute atomic E-state index is 0.159. The summed E-state index contributed by atoms with van der Waals surface area (Å²) in [5.41, 5.74) is 5.62. The zero-order chi connectivity index (χ0) is 23.3. The SMILES string of the molecule is COCCCNC(=O)C(=O)N/N=C\c1cccc(OCC(=O)Nc2ccc(C)cc2C)c1. The Balaban J connectivity index is 1.80. The number of rotatable bonds is 10. The molecule has 0 unspecified atom stereocenters. The fraction of sp³-hybridized carbons (Fsp3) is 0.304. The lowest BCUT2D eigenvalue weighted by atomic mass is 10.1. The van der Waals surface area contributed by atoms with Gasteiger partial charge in [-0.2, -0.15) is 5.10 Å². The monoisotopic (exact) mass is 440 g/mol. The van der Waals surface area contributed by atoms with Crippen LogP contribution in [0.25, 0.3) is 0 Å². The molecule has 3 amide bonds. The highest BCUT2D eigenvalue weighted by Crippen LogP contribution is 2.16. The molecule has 0 atom stereocenters. The number of nitrogens with one attached hydrogen (secondary N) is 3. The number of hydrazone groups is 1.